The number of ketones is 5. The monoisotopic (exact) mass is 1510 g/mol. The number of aliphatic hydroxyl groups excluding tert-OH is 5. The maximum Gasteiger partial charge on any atom is 0.329 e. The summed E-state index contributed by atoms with van der Waals surface area (Å²) in [7, 11) is 7.44. The van der Waals surface area contributed by atoms with Gasteiger partial charge in [-0.05, 0) is 139 Å². The van der Waals surface area contributed by atoms with Crippen molar-refractivity contribution in [3.8, 4) is 5.75 Å². The van der Waals surface area contributed by atoms with E-state index in [1.54, 1.807) is 65.1 Å². The molecule has 14 N–H and O–H groups in total. The number of H-pyrrole nitrogens is 2. The van der Waals surface area contributed by atoms with E-state index in [0.29, 0.717) is 75.1 Å². The molecule has 7 aliphatic rings. The number of carbonyl (C=O) groups excluding carboxylic acids is 8. The van der Waals surface area contributed by atoms with Crippen molar-refractivity contribution in [2.24, 2.45) is 53.1 Å². The Kier molecular flexibility index (Phi) is 30.7. The number of methoxy groups -OCH3 is 3. The largest absolute Gasteiger partial charge is 0.508 e. The molecule has 30 heteroatoms. The van der Waals surface area contributed by atoms with Crippen LogP contribution in [0.15, 0.2) is 98.5 Å². The van der Waals surface area contributed by atoms with Crippen molar-refractivity contribution >= 4 is 52.5 Å². The van der Waals surface area contributed by atoms with E-state index in [0.717, 1.165) is 12.0 Å². The fraction of sp³-hybridized carbons (Fsp3) is 0.610. The quantitative estimate of drug-likeness (QED) is 0.0768. The minimum absolute atomic E-state index is 0. The number of hydrogen-bond donors (Lipinski definition) is 11. The maximum atomic E-state index is 14.4. The molecule has 0 spiro atoms. The van der Waals surface area contributed by atoms with Crippen molar-refractivity contribution in [2.75, 3.05) is 42.0 Å². The van der Waals surface area contributed by atoms with Gasteiger partial charge in [-0.25, -0.2) is 9.59 Å². The van der Waals surface area contributed by atoms with E-state index < -0.39 is 177 Å². The highest BCUT2D eigenvalue weighted by atomic mass is 19.1. The molecule has 2 amide bonds. The zero-order valence-electron chi connectivity index (χ0n) is 63.0. The molecular formula is C77H108FN5O24. The Balaban J connectivity index is 0.000000348. The van der Waals surface area contributed by atoms with Gasteiger partial charge in [-0.3, -0.25) is 48.2 Å². The van der Waals surface area contributed by atoms with Crippen LogP contribution in [0.1, 0.15) is 149 Å². The number of halogens is 1. The molecule has 592 valence electrons. The summed E-state index contributed by atoms with van der Waals surface area (Å²) in [6.45, 7) is 14.4. The predicted molar refractivity (Wildman–Crippen MR) is 387 cm³/mol. The molecule has 1 aromatic heterocycles. The number of Topliss-reactive ketones (excluding diaryl/α,β-unsaturated/α-hetero) is 5. The van der Waals surface area contributed by atoms with Gasteiger partial charge >= 0.3 is 11.7 Å². The molecule has 4 fully saturated rings. The smallest absolute Gasteiger partial charge is 0.329 e. The topological polar surface area (TPSA) is 474 Å². The molecule has 107 heavy (non-hydrogen) atoms. The molecule has 0 unspecified atom stereocenters. The Morgan fingerprint density at radius 2 is 1.52 bits per heavy atom. The number of primary amides is 1. The van der Waals surface area contributed by atoms with E-state index in [1.165, 1.54) is 37.1 Å². The van der Waals surface area contributed by atoms with E-state index in [2.05, 4.69) is 0 Å². The van der Waals surface area contributed by atoms with Gasteiger partial charge in [-0.15, -0.1) is 0 Å². The second-order valence-electron chi connectivity index (χ2n) is 29.8. The SMILES string of the molecule is CO[C@H]1C[C@@H]2CC[C@@H](C)[C@@](O)(O2)C(=O)C(=O)N2CCCC[C@H]2C(=O)O[C@H]([C@H](C)C[C@@H]2CC[C@@H](O)[C@H](OC)C2)CC(=O)[C@H](C)/C=C(\C)[C@@H](O)[C@@H](OC)C(=O)[C@H](C)C[C@H](C)/C=C/C=CC=C1C.C[C@H]1c2cccc(O)c2C(O)=C2C(=O)[C@]3(O)C(O)=C(C(N)=O)C(=O)[C@@H](N(C)C)[C@@H]3[C@@H](O)[C@@H]21.O.O=c1[nH]cc(F)c(=O)[nH]1. The van der Waals surface area contributed by atoms with Gasteiger partial charge in [0, 0.05) is 76.2 Å². The average molecular weight is 1510 g/mol. The summed E-state index contributed by atoms with van der Waals surface area (Å²) in [4.78, 5) is 136. The zero-order valence-corrected chi connectivity index (χ0v) is 63.0. The minimum Gasteiger partial charge on any atom is -0.508 e. The highest BCUT2D eigenvalue weighted by molar-refractivity contribution is 6.39. The van der Waals surface area contributed by atoms with Gasteiger partial charge < -0.3 is 85.6 Å². The van der Waals surface area contributed by atoms with Gasteiger partial charge in [0.2, 0.25) is 17.4 Å². The van der Waals surface area contributed by atoms with Crippen LogP contribution in [-0.4, -0.2) is 227 Å². The number of rotatable bonds is 8. The lowest BCUT2D eigenvalue weighted by Crippen LogP contribution is -2.70. The number of aromatic nitrogens is 2. The van der Waals surface area contributed by atoms with E-state index in [4.69, 9.17) is 29.4 Å². The summed E-state index contributed by atoms with van der Waals surface area (Å²) in [6, 6.07) is 1.99. The number of allylic oxidation sites excluding steroid dienone is 6. The van der Waals surface area contributed by atoms with Crippen LogP contribution in [0.5, 0.6) is 5.75 Å². The zero-order chi connectivity index (χ0) is 78.9. The number of nitrogens with two attached hydrogens (primary N) is 1. The second kappa shape index (κ2) is 37.4. The molecule has 0 radical (unpaired) electrons. The number of likely N-dealkylation sites (N-methyl/N-ethyl adjacent to an activating group) is 1. The summed E-state index contributed by atoms with van der Waals surface area (Å²) < 4.78 is 41.3. The number of hydrogen-bond acceptors (Lipinski definition) is 24. The van der Waals surface area contributed by atoms with E-state index in [9.17, 15) is 93.2 Å². The van der Waals surface area contributed by atoms with Gasteiger partial charge in [0.1, 0.15) is 53.0 Å². The number of aliphatic hydroxyl groups is 7. The Morgan fingerprint density at radius 1 is 0.841 bits per heavy atom. The molecule has 2 saturated heterocycles. The molecule has 4 heterocycles. The average Bonchev–Trinajstić information content (AvgIpc) is 0.688. The Labute approximate surface area is 620 Å². The van der Waals surface area contributed by atoms with Gasteiger partial charge in [-0.2, -0.15) is 4.39 Å². The summed E-state index contributed by atoms with van der Waals surface area (Å²) in [5.74, 6) is -17.8. The van der Waals surface area contributed by atoms with Crippen molar-refractivity contribution in [1.82, 2.24) is 19.8 Å². The number of phenolic OH excluding ortho intramolecular Hbond substituents is 1. The molecule has 9 rings (SSSR count). The molecule has 4 aliphatic carbocycles. The van der Waals surface area contributed by atoms with E-state index in [1.807, 2.05) is 63.1 Å². The third kappa shape index (κ3) is 19.2. The van der Waals surface area contributed by atoms with Crippen LogP contribution in [0, 0.1) is 53.2 Å². The number of nitrogens with zero attached hydrogens (tertiary/aromatic N) is 2. The fourth-order valence-electron chi connectivity index (χ4n) is 16.1. The van der Waals surface area contributed by atoms with Crippen LogP contribution >= 0.6 is 0 Å². The molecular weight excluding hydrogens is 1400 g/mol. The van der Waals surface area contributed by atoms with E-state index in [-0.39, 0.29) is 71.6 Å². The Hall–Kier alpha value is -8.01. The van der Waals surface area contributed by atoms with Crippen molar-refractivity contribution in [3.63, 3.8) is 0 Å². The third-order valence-electron chi connectivity index (χ3n) is 22.2. The summed E-state index contributed by atoms with van der Waals surface area (Å²) >= 11 is 0. The number of fused-ring (bicyclic) bond motifs is 6. The Bertz CT molecular complexity index is 3910. The van der Waals surface area contributed by atoms with Gasteiger partial charge in [0.25, 0.3) is 23.2 Å². The molecule has 2 saturated carbocycles. The van der Waals surface area contributed by atoms with Crippen LogP contribution in [0.3, 0.4) is 0 Å². The lowest BCUT2D eigenvalue weighted by atomic mass is 9.54. The molecule has 2 aromatic rings. The lowest BCUT2D eigenvalue weighted by Gasteiger charge is -2.53. The number of cyclic esters (lactones) is 1. The summed E-state index contributed by atoms with van der Waals surface area (Å²) in [5.41, 5.74) is 1.03. The molecule has 21 atom stereocenters. The second-order valence-corrected chi connectivity index (χ2v) is 29.8. The first kappa shape index (κ1) is 87.9. The highest BCUT2D eigenvalue weighted by Gasteiger charge is 2.68. The number of aromatic amines is 2. The van der Waals surface area contributed by atoms with Crippen LogP contribution in [0.2, 0.25) is 0 Å². The number of esters is 1. The summed E-state index contributed by atoms with van der Waals surface area (Å²) in [6.07, 6.45) is 10.3. The number of nitrogens with one attached hydrogen (secondary N) is 2. The first-order valence-corrected chi connectivity index (χ1v) is 36.1. The standard InChI is InChI=1S/C51H79NO13.C22H24N2O8.C4H3FN2O2.H2O/c1-30-16-12-11-13-17-31(2)42(61-8)28-38-21-19-36(7)51(60,65-38)48(57)49(58)52-23-15-14-18-39(52)50(59)64-43(33(4)26-37-20-22-40(53)44(27-37)62-9)29-41(54)32(3)25-35(6)46(56)47(63-10)45(55)34(5)24-30;1-7-8-5-4-6-9(25)11(8)16(26)12-10(7)17(27)14-15(24(2)3)18(28)13(21(23)31)20(30)22(14,32)19(12)29;5-2-1-6-4(9)7-3(2)8;/h11-13,16-17,25,30,32-34,36-40,42-44,46-47,53,56,60H,14-15,18-24,26-29H2,1-10H3;4-7,10,14-15,17,25-27,30,32H,1-3H3,(H2,23,31);1H,(H2,6,7,8,9);1H2/b13-11?,16-12+,31-17?,35-25+;;;/t30-,32-,33-,34-,36-,37+,38+,39+,40-,42+,43+,44-,46-,47+,51-;7-,10+,14+,15-,17-,22-;;/m10../s1. The number of benzene rings is 1. The molecule has 1 aromatic carbocycles. The first-order chi connectivity index (χ1) is 49.8. The van der Waals surface area contributed by atoms with Gasteiger partial charge in [0.15, 0.2) is 17.2 Å². The fourth-order valence-corrected chi connectivity index (χ4v) is 16.1. The minimum atomic E-state index is -2.89. The number of amides is 2. The third-order valence-corrected chi connectivity index (χ3v) is 22.2. The number of piperidine rings is 1. The first-order valence-electron chi connectivity index (χ1n) is 36.1. The number of carbonyl (C=O) groups is 8. The van der Waals surface area contributed by atoms with Crippen molar-refractivity contribution in [3.05, 3.63) is 127 Å². The molecule has 29 nitrogen and oxygen atoms in total. The van der Waals surface area contributed by atoms with Crippen LogP contribution in [-0.2, 0) is 62.0 Å². The van der Waals surface area contributed by atoms with Crippen molar-refractivity contribution in [2.45, 2.75) is 211 Å². The van der Waals surface area contributed by atoms with Crippen molar-refractivity contribution in [1.29, 1.82) is 0 Å². The predicted octanol–water partition coefficient (Wildman–Crippen LogP) is 4.05. The van der Waals surface area contributed by atoms with Gasteiger partial charge in [0.05, 0.1) is 48.0 Å². The van der Waals surface area contributed by atoms with Gasteiger partial charge in [-0.1, -0.05) is 90.1 Å². The molecule has 2 bridgehead atoms. The van der Waals surface area contributed by atoms with Crippen molar-refractivity contribution < 1.29 is 113 Å². The Morgan fingerprint density at radius 3 is 2.14 bits per heavy atom. The summed E-state index contributed by atoms with van der Waals surface area (Å²) in [5, 5.41) is 88.7. The van der Waals surface area contributed by atoms with Crippen LogP contribution in [0.25, 0.3) is 5.76 Å². The van der Waals surface area contributed by atoms with Crippen LogP contribution < -0.4 is 17.0 Å². The molecule has 3 aliphatic heterocycles. The van der Waals surface area contributed by atoms with Crippen LogP contribution in [0.4, 0.5) is 4.39 Å². The lowest BCUT2D eigenvalue weighted by molar-refractivity contribution is -0.265. The van der Waals surface area contributed by atoms with E-state index >= 15 is 0 Å². The normalized spacial score (nSPS) is 34.8. The number of phenols is 1. The maximum absolute atomic E-state index is 14.4. The highest BCUT2D eigenvalue weighted by Crippen LogP contribution is 2.56. The number of aromatic hydroxyl groups is 1. The number of ether oxygens (including phenoxy) is 5.